The van der Waals surface area contributed by atoms with Gasteiger partial charge in [0, 0.05) is 25.0 Å². The largest absolute Gasteiger partial charge is 0.413 e. The molecule has 0 fully saturated rings. The number of rotatable bonds is 16. The van der Waals surface area contributed by atoms with Crippen LogP contribution in [0.4, 0.5) is 0 Å². The van der Waals surface area contributed by atoms with Crippen molar-refractivity contribution in [1.82, 2.24) is 0 Å². The summed E-state index contributed by atoms with van der Waals surface area (Å²) in [5.41, 5.74) is -0.590. The fourth-order valence-electron chi connectivity index (χ4n) is 5.78. The minimum Gasteiger partial charge on any atom is -0.413 e. The molecule has 0 saturated heterocycles. The Balaban J connectivity index is 2.41. The molecule has 2 rings (SSSR count). The van der Waals surface area contributed by atoms with Crippen molar-refractivity contribution in [2.45, 2.75) is 104 Å². The molecular formula is C33H54O4Si2. The van der Waals surface area contributed by atoms with Gasteiger partial charge in [-0.1, -0.05) is 123 Å². The van der Waals surface area contributed by atoms with E-state index in [1.807, 2.05) is 13.8 Å². The fraction of sp³-hybridized carbons (Fsp3) is 0.606. The van der Waals surface area contributed by atoms with Gasteiger partial charge in [0.2, 0.25) is 0 Å². The summed E-state index contributed by atoms with van der Waals surface area (Å²) in [6.07, 6.45) is 1.45. The highest BCUT2D eigenvalue weighted by atomic mass is 28.4. The van der Waals surface area contributed by atoms with Crippen LogP contribution in [0.5, 0.6) is 0 Å². The van der Waals surface area contributed by atoms with E-state index in [-0.39, 0.29) is 23.2 Å². The molecule has 39 heavy (non-hydrogen) atoms. The molecule has 0 aliphatic rings. The molecule has 2 aromatic carbocycles. The molecule has 0 amide bonds. The summed E-state index contributed by atoms with van der Waals surface area (Å²) in [5, 5.41) is 2.47. The van der Waals surface area contributed by atoms with Crippen LogP contribution in [-0.4, -0.2) is 48.8 Å². The third kappa shape index (κ3) is 7.79. The molecule has 0 aromatic heterocycles. The highest BCUT2D eigenvalue weighted by Gasteiger charge is 2.50. The van der Waals surface area contributed by atoms with Gasteiger partial charge < -0.3 is 18.4 Å². The van der Waals surface area contributed by atoms with Crippen molar-refractivity contribution in [1.29, 1.82) is 0 Å². The topological polar surface area (TPSA) is 44.8 Å². The molecule has 218 valence electrons. The average Bonchev–Trinajstić information content (AvgIpc) is 2.94. The molecule has 0 unspecified atom stereocenters. The first-order valence-electron chi connectivity index (χ1n) is 14.8. The molecule has 4 nitrogen and oxygen atoms in total. The van der Waals surface area contributed by atoms with Crippen LogP contribution in [0.2, 0.25) is 23.2 Å². The molecule has 0 aliphatic heterocycles. The van der Waals surface area contributed by atoms with Crippen molar-refractivity contribution < 1.29 is 18.4 Å². The van der Waals surface area contributed by atoms with Crippen LogP contribution >= 0.6 is 0 Å². The Morgan fingerprint density at radius 3 is 1.64 bits per heavy atom. The van der Waals surface area contributed by atoms with Crippen LogP contribution in [0, 0.1) is 11.3 Å². The van der Waals surface area contributed by atoms with Gasteiger partial charge in [0.05, 0.1) is 12.2 Å². The Hall–Kier alpha value is -1.58. The van der Waals surface area contributed by atoms with E-state index in [4.69, 9.17) is 13.6 Å². The Kier molecular flexibility index (Phi) is 12.4. The second-order valence-corrected chi connectivity index (χ2v) is 21.8. The van der Waals surface area contributed by atoms with Gasteiger partial charge >= 0.3 is 0 Å². The standard InChI is InChI=1S/C33H54O4Si2/c1-11-38(12-2,13-3)37-31(33(8,9)26-34)24-30(35-10)27(4)25-36-39(32(5,6)7,28-20-16-14-17-21-28)29-22-18-15-19-23-29/h14-23,26-27,30-31H,11-13,24-25H2,1-10H3/t27-,30-,31-/m0/s1. The zero-order valence-electron chi connectivity index (χ0n) is 26.3. The maximum Gasteiger partial charge on any atom is 0.261 e. The van der Waals surface area contributed by atoms with Crippen LogP contribution in [0.25, 0.3) is 0 Å². The van der Waals surface area contributed by atoms with Gasteiger partial charge in [0.15, 0.2) is 8.32 Å². The predicted octanol–water partition coefficient (Wildman–Crippen LogP) is 7.22. The van der Waals surface area contributed by atoms with Crippen LogP contribution < -0.4 is 10.4 Å². The number of benzene rings is 2. The first-order chi connectivity index (χ1) is 18.4. The quantitative estimate of drug-likeness (QED) is 0.158. The van der Waals surface area contributed by atoms with Crippen LogP contribution in [0.15, 0.2) is 60.7 Å². The number of aldehydes is 1. The molecule has 0 saturated carbocycles. The lowest BCUT2D eigenvalue weighted by atomic mass is 9.83. The van der Waals surface area contributed by atoms with Crippen molar-refractivity contribution in [3.8, 4) is 0 Å². The third-order valence-corrected chi connectivity index (χ3v) is 18.5. The Bertz CT molecular complexity index is 936. The van der Waals surface area contributed by atoms with Crippen molar-refractivity contribution in [2.24, 2.45) is 11.3 Å². The van der Waals surface area contributed by atoms with E-state index in [0.29, 0.717) is 13.0 Å². The molecule has 0 heterocycles. The summed E-state index contributed by atoms with van der Waals surface area (Å²) < 4.78 is 20.3. The first kappa shape index (κ1) is 33.6. The molecule has 2 aromatic rings. The minimum atomic E-state index is -2.65. The summed E-state index contributed by atoms with van der Waals surface area (Å²) in [4.78, 5) is 12.2. The number of hydrogen-bond donors (Lipinski definition) is 0. The van der Waals surface area contributed by atoms with Crippen molar-refractivity contribution in [3.05, 3.63) is 60.7 Å². The number of carbonyl (C=O) groups excluding carboxylic acids is 1. The smallest absolute Gasteiger partial charge is 0.261 e. The van der Waals surface area contributed by atoms with E-state index < -0.39 is 22.0 Å². The maximum absolute atomic E-state index is 12.2. The Morgan fingerprint density at radius 2 is 1.28 bits per heavy atom. The van der Waals surface area contributed by atoms with Gasteiger partial charge in [-0.25, -0.2) is 0 Å². The number of hydrogen-bond acceptors (Lipinski definition) is 4. The van der Waals surface area contributed by atoms with Gasteiger partial charge in [0.25, 0.3) is 8.32 Å². The van der Waals surface area contributed by atoms with Gasteiger partial charge in [-0.15, -0.1) is 0 Å². The monoisotopic (exact) mass is 570 g/mol. The van der Waals surface area contributed by atoms with Gasteiger partial charge in [-0.2, -0.15) is 0 Å². The average molecular weight is 571 g/mol. The van der Waals surface area contributed by atoms with Crippen LogP contribution in [-0.2, 0) is 18.4 Å². The highest BCUT2D eigenvalue weighted by Crippen LogP contribution is 2.38. The number of ether oxygens (including phenoxy) is 1. The summed E-state index contributed by atoms with van der Waals surface area (Å²) in [6, 6.07) is 24.7. The van der Waals surface area contributed by atoms with E-state index in [2.05, 4.69) is 109 Å². The molecule has 0 N–H and O–H groups in total. The maximum atomic E-state index is 12.2. The van der Waals surface area contributed by atoms with E-state index in [1.54, 1.807) is 7.11 Å². The van der Waals surface area contributed by atoms with Crippen molar-refractivity contribution in [3.63, 3.8) is 0 Å². The van der Waals surface area contributed by atoms with Crippen molar-refractivity contribution >= 4 is 33.3 Å². The van der Waals surface area contributed by atoms with Crippen LogP contribution in [0.3, 0.4) is 0 Å². The zero-order chi connectivity index (χ0) is 29.3. The molecule has 0 bridgehead atoms. The zero-order valence-corrected chi connectivity index (χ0v) is 28.3. The molecule has 6 heteroatoms. The van der Waals surface area contributed by atoms with E-state index in [9.17, 15) is 4.79 Å². The molecule has 0 spiro atoms. The Morgan fingerprint density at radius 1 is 0.821 bits per heavy atom. The van der Waals surface area contributed by atoms with Crippen molar-refractivity contribution in [2.75, 3.05) is 13.7 Å². The Labute approximate surface area is 241 Å². The summed E-state index contributed by atoms with van der Waals surface area (Å²) >= 11 is 0. The second-order valence-electron chi connectivity index (χ2n) is 12.8. The second kappa shape index (κ2) is 14.4. The SMILES string of the molecule is CC[Si](CC)(CC)O[C@@H](C[C@H](OC)[C@@H](C)CO[Si](c1ccccc1)(c1ccccc1)C(C)(C)C)C(C)(C)C=O. The number of methoxy groups -OCH3 is 1. The van der Waals surface area contributed by atoms with E-state index in [0.717, 1.165) is 24.4 Å². The summed E-state index contributed by atoms with van der Waals surface area (Å²) in [7, 11) is -2.79. The lowest BCUT2D eigenvalue weighted by Crippen LogP contribution is -2.67. The molecule has 0 aliphatic carbocycles. The van der Waals surface area contributed by atoms with E-state index in [1.165, 1.54) is 10.4 Å². The third-order valence-electron chi connectivity index (χ3n) is 8.82. The minimum absolute atomic E-state index is 0.0856. The summed E-state index contributed by atoms with van der Waals surface area (Å²) in [5.74, 6) is 0.117. The number of carbonyl (C=O) groups is 1. The van der Waals surface area contributed by atoms with E-state index >= 15 is 0 Å². The normalized spacial score (nSPS) is 15.5. The lowest BCUT2D eigenvalue weighted by molar-refractivity contribution is -0.121. The van der Waals surface area contributed by atoms with Crippen LogP contribution in [0.1, 0.15) is 68.7 Å². The first-order valence-corrected chi connectivity index (χ1v) is 19.2. The lowest BCUT2D eigenvalue weighted by Gasteiger charge is -2.44. The predicted molar refractivity (Wildman–Crippen MR) is 170 cm³/mol. The highest BCUT2D eigenvalue weighted by molar-refractivity contribution is 6.99. The van der Waals surface area contributed by atoms with Gasteiger partial charge in [-0.3, -0.25) is 0 Å². The molecular weight excluding hydrogens is 517 g/mol. The summed E-state index contributed by atoms with van der Waals surface area (Å²) in [6.45, 7) is 20.4. The fourth-order valence-corrected chi connectivity index (χ4v) is 13.5. The van der Waals surface area contributed by atoms with Gasteiger partial charge in [0.1, 0.15) is 6.29 Å². The molecule has 3 atom stereocenters. The van der Waals surface area contributed by atoms with Gasteiger partial charge in [-0.05, 0) is 40.0 Å². The molecule has 0 radical (unpaired) electrons.